The predicted octanol–water partition coefficient (Wildman–Crippen LogP) is 3.91. The Bertz CT molecular complexity index is 774. The fourth-order valence-corrected chi connectivity index (χ4v) is 2.34. The molecule has 2 aromatic rings. The van der Waals surface area contributed by atoms with Crippen molar-refractivity contribution >= 4 is 17.5 Å². The molecular weight excluding hydrogens is 356 g/mol. The van der Waals surface area contributed by atoms with Gasteiger partial charge in [-0.3, -0.25) is 9.59 Å². The Morgan fingerprint density at radius 2 is 1.71 bits per heavy atom. The Hall–Kier alpha value is -3.02. The maximum absolute atomic E-state index is 12.1. The molecule has 0 radical (unpaired) electrons. The van der Waals surface area contributed by atoms with Crippen LogP contribution in [0.25, 0.3) is 0 Å². The first-order valence-electron chi connectivity index (χ1n) is 9.55. The van der Waals surface area contributed by atoms with Gasteiger partial charge in [-0.25, -0.2) is 0 Å². The lowest BCUT2D eigenvalue weighted by molar-refractivity contribution is -0.123. The summed E-state index contributed by atoms with van der Waals surface area (Å²) in [4.78, 5) is 23.5. The average Bonchev–Trinajstić information content (AvgIpc) is 2.72. The molecule has 0 aliphatic rings. The molecule has 0 fully saturated rings. The molecule has 28 heavy (non-hydrogen) atoms. The molecule has 0 aromatic heterocycles. The van der Waals surface area contributed by atoms with Crippen molar-refractivity contribution in [3.05, 3.63) is 54.1 Å². The summed E-state index contributed by atoms with van der Waals surface area (Å²) in [6.45, 7) is 6.16. The molecule has 6 heteroatoms. The van der Waals surface area contributed by atoms with Crippen LogP contribution in [-0.2, 0) is 16.1 Å². The number of amides is 2. The Morgan fingerprint density at radius 3 is 2.39 bits per heavy atom. The highest BCUT2D eigenvalue weighted by Crippen LogP contribution is 2.20. The SMILES string of the molecule is CCC(=O)Nc1ccc(OCC(=O)NCc2ccccc2O[C@@H](C)CC)cc1. The minimum atomic E-state index is -0.221. The molecule has 0 aliphatic carbocycles. The van der Waals surface area contributed by atoms with E-state index in [0.717, 1.165) is 17.7 Å². The smallest absolute Gasteiger partial charge is 0.258 e. The second kappa shape index (κ2) is 11.0. The van der Waals surface area contributed by atoms with Crippen LogP contribution in [0.2, 0.25) is 0 Å². The molecule has 150 valence electrons. The van der Waals surface area contributed by atoms with Gasteiger partial charge < -0.3 is 20.1 Å². The first-order chi connectivity index (χ1) is 13.5. The molecule has 0 saturated heterocycles. The molecule has 6 nitrogen and oxygen atoms in total. The van der Waals surface area contributed by atoms with Gasteiger partial charge in [-0.1, -0.05) is 32.0 Å². The predicted molar refractivity (Wildman–Crippen MR) is 110 cm³/mol. The van der Waals surface area contributed by atoms with Crippen LogP contribution in [0.15, 0.2) is 48.5 Å². The first-order valence-corrected chi connectivity index (χ1v) is 9.55. The molecule has 0 saturated carbocycles. The Morgan fingerprint density at radius 1 is 1.00 bits per heavy atom. The maximum atomic E-state index is 12.1. The lowest BCUT2D eigenvalue weighted by Gasteiger charge is -2.16. The van der Waals surface area contributed by atoms with Gasteiger partial charge in [0.05, 0.1) is 6.10 Å². The lowest BCUT2D eigenvalue weighted by atomic mass is 10.2. The second-order valence-electron chi connectivity index (χ2n) is 6.44. The van der Waals surface area contributed by atoms with E-state index in [1.807, 2.05) is 31.2 Å². The number of hydrogen-bond donors (Lipinski definition) is 2. The molecule has 2 amide bonds. The van der Waals surface area contributed by atoms with Gasteiger partial charge in [0.2, 0.25) is 5.91 Å². The van der Waals surface area contributed by atoms with E-state index in [1.165, 1.54) is 0 Å². The van der Waals surface area contributed by atoms with Gasteiger partial charge in [0.1, 0.15) is 11.5 Å². The third kappa shape index (κ3) is 6.95. The molecule has 1 atom stereocenters. The van der Waals surface area contributed by atoms with E-state index in [9.17, 15) is 9.59 Å². The van der Waals surface area contributed by atoms with Crippen LogP contribution in [-0.4, -0.2) is 24.5 Å². The van der Waals surface area contributed by atoms with Gasteiger partial charge >= 0.3 is 0 Å². The van der Waals surface area contributed by atoms with Crippen molar-refractivity contribution in [2.75, 3.05) is 11.9 Å². The zero-order valence-electron chi connectivity index (χ0n) is 16.7. The zero-order chi connectivity index (χ0) is 20.4. The normalized spacial score (nSPS) is 11.4. The summed E-state index contributed by atoms with van der Waals surface area (Å²) in [6, 6.07) is 14.6. The number of ether oxygens (including phenoxy) is 2. The number of nitrogens with one attached hydrogen (secondary N) is 2. The van der Waals surface area contributed by atoms with Gasteiger partial charge in [0.25, 0.3) is 5.91 Å². The topological polar surface area (TPSA) is 76.7 Å². The van der Waals surface area contributed by atoms with Crippen LogP contribution in [0.3, 0.4) is 0 Å². The van der Waals surface area contributed by atoms with E-state index in [2.05, 4.69) is 17.6 Å². The zero-order valence-corrected chi connectivity index (χ0v) is 16.7. The van der Waals surface area contributed by atoms with Gasteiger partial charge in [0.15, 0.2) is 6.61 Å². The van der Waals surface area contributed by atoms with E-state index in [4.69, 9.17) is 9.47 Å². The minimum Gasteiger partial charge on any atom is -0.490 e. The van der Waals surface area contributed by atoms with Gasteiger partial charge in [-0.2, -0.15) is 0 Å². The molecule has 2 rings (SSSR count). The average molecular weight is 384 g/mol. The number of rotatable bonds is 10. The van der Waals surface area contributed by atoms with Crippen LogP contribution >= 0.6 is 0 Å². The quantitative estimate of drug-likeness (QED) is 0.651. The van der Waals surface area contributed by atoms with Crippen molar-refractivity contribution in [2.45, 2.75) is 46.3 Å². The molecule has 2 N–H and O–H groups in total. The highest BCUT2D eigenvalue weighted by Gasteiger charge is 2.09. The van der Waals surface area contributed by atoms with Crippen LogP contribution in [0, 0.1) is 0 Å². The monoisotopic (exact) mass is 384 g/mol. The summed E-state index contributed by atoms with van der Waals surface area (Å²) < 4.78 is 11.4. The van der Waals surface area contributed by atoms with Crippen molar-refractivity contribution in [3.63, 3.8) is 0 Å². The molecule has 2 aromatic carbocycles. The minimum absolute atomic E-state index is 0.0503. The number of benzene rings is 2. The van der Waals surface area contributed by atoms with Crippen molar-refractivity contribution in [3.8, 4) is 11.5 Å². The van der Waals surface area contributed by atoms with E-state index < -0.39 is 0 Å². The Balaban J connectivity index is 1.81. The lowest BCUT2D eigenvalue weighted by Crippen LogP contribution is -2.28. The maximum Gasteiger partial charge on any atom is 0.258 e. The van der Waals surface area contributed by atoms with Crippen molar-refractivity contribution in [1.29, 1.82) is 0 Å². The molecule has 0 unspecified atom stereocenters. The molecule has 0 bridgehead atoms. The Labute approximate surface area is 166 Å². The van der Waals surface area contributed by atoms with Gasteiger partial charge in [-0.15, -0.1) is 0 Å². The number of para-hydroxylation sites is 1. The largest absolute Gasteiger partial charge is 0.490 e. The molecule has 0 spiro atoms. The summed E-state index contributed by atoms with van der Waals surface area (Å²) in [5.41, 5.74) is 1.62. The summed E-state index contributed by atoms with van der Waals surface area (Å²) >= 11 is 0. The fourth-order valence-electron chi connectivity index (χ4n) is 2.34. The van der Waals surface area contributed by atoms with E-state index >= 15 is 0 Å². The second-order valence-corrected chi connectivity index (χ2v) is 6.44. The van der Waals surface area contributed by atoms with Crippen molar-refractivity contribution in [2.24, 2.45) is 0 Å². The summed E-state index contributed by atoms with van der Waals surface area (Å²) in [6.07, 6.45) is 1.45. The summed E-state index contributed by atoms with van der Waals surface area (Å²) in [5, 5.41) is 5.60. The van der Waals surface area contributed by atoms with Crippen molar-refractivity contribution in [1.82, 2.24) is 5.32 Å². The fraction of sp³-hybridized carbons (Fsp3) is 0.364. The van der Waals surface area contributed by atoms with E-state index in [0.29, 0.717) is 24.4 Å². The molecule has 0 heterocycles. The Kier molecular flexibility index (Phi) is 8.34. The number of anilines is 1. The van der Waals surface area contributed by atoms with Gasteiger partial charge in [-0.05, 0) is 43.7 Å². The number of carbonyl (C=O) groups is 2. The standard InChI is InChI=1S/C22H28N2O4/c1-4-16(3)28-20-9-7-6-8-17(20)14-23-22(26)15-27-19-12-10-18(11-13-19)24-21(25)5-2/h6-13,16H,4-5,14-15H2,1-3H3,(H,23,26)(H,24,25)/t16-/m0/s1. The first kappa shape index (κ1) is 21.3. The third-order valence-electron chi connectivity index (χ3n) is 4.18. The highest BCUT2D eigenvalue weighted by molar-refractivity contribution is 5.90. The third-order valence-corrected chi connectivity index (χ3v) is 4.18. The van der Waals surface area contributed by atoms with E-state index in [-0.39, 0.29) is 24.5 Å². The van der Waals surface area contributed by atoms with Crippen LogP contribution in [0.4, 0.5) is 5.69 Å². The van der Waals surface area contributed by atoms with Crippen LogP contribution in [0.5, 0.6) is 11.5 Å². The summed E-state index contributed by atoms with van der Waals surface area (Å²) in [5.74, 6) is 1.07. The van der Waals surface area contributed by atoms with Crippen LogP contribution < -0.4 is 20.1 Å². The number of hydrogen-bond acceptors (Lipinski definition) is 4. The molecule has 0 aliphatic heterocycles. The van der Waals surface area contributed by atoms with Gasteiger partial charge in [0, 0.05) is 24.2 Å². The van der Waals surface area contributed by atoms with Crippen molar-refractivity contribution < 1.29 is 19.1 Å². The molecular formula is C22H28N2O4. The highest BCUT2D eigenvalue weighted by atomic mass is 16.5. The summed E-state index contributed by atoms with van der Waals surface area (Å²) in [7, 11) is 0. The van der Waals surface area contributed by atoms with Crippen LogP contribution in [0.1, 0.15) is 39.2 Å². The number of carbonyl (C=O) groups excluding carboxylic acids is 2. The van der Waals surface area contributed by atoms with E-state index in [1.54, 1.807) is 31.2 Å².